The summed E-state index contributed by atoms with van der Waals surface area (Å²) >= 11 is 2.18. The number of aliphatic carboxylic acids is 1. The fourth-order valence-electron chi connectivity index (χ4n) is 1.69. The topological polar surface area (TPSA) is 66.8 Å². The van der Waals surface area contributed by atoms with Gasteiger partial charge in [-0.15, -0.1) is 0 Å². The molecule has 0 aromatic heterocycles. The van der Waals surface area contributed by atoms with E-state index in [1.54, 1.807) is 20.8 Å². The molecule has 1 aromatic carbocycles. The molecule has 0 unspecified atom stereocenters. The number of carbonyl (C=O) groups excluding carboxylic acids is 1. The van der Waals surface area contributed by atoms with E-state index in [9.17, 15) is 14.7 Å². The monoisotopic (exact) mass is 405 g/mol. The van der Waals surface area contributed by atoms with Crippen LogP contribution in [0.5, 0.6) is 0 Å². The van der Waals surface area contributed by atoms with Gasteiger partial charge in [0.05, 0.1) is 0 Å². The molecule has 1 aromatic rings. The second-order valence-corrected chi connectivity index (χ2v) is 7.02. The Bertz CT molecular complexity index is 507. The molecule has 116 valence electrons. The number of hydrogen-bond donors (Lipinski definition) is 1. The molecule has 0 aliphatic carbocycles. The molecule has 1 N–H and O–H groups in total. The molecule has 0 aliphatic rings. The van der Waals surface area contributed by atoms with Gasteiger partial charge < -0.3 is 9.84 Å². The first-order valence-electron chi connectivity index (χ1n) is 6.53. The van der Waals surface area contributed by atoms with E-state index in [0.29, 0.717) is 0 Å². The summed E-state index contributed by atoms with van der Waals surface area (Å²) in [4.78, 5) is 24.5. The number of hydrogen-bond acceptors (Lipinski definition) is 3. The lowest BCUT2D eigenvalue weighted by atomic mass is 10.1. The van der Waals surface area contributed by atoms with E-state index in [2.05, 4.69) is 22.6 Å². The van der Waals surface area contributed by atoms with Gasteiger partial charge in [-0.05, 0) is 61.1 Å². The maximum Gasteiger partial charge on any atom is 0.410 e. The zero-order valence-corrected chi connectivity index (χ0v) is 14.7. The highest BCUT2D eigenvalue weighted by Gasteiger charge is 2.30. The van der Waals surface area contributed by atoms with E-state index in [4.69, 9.17) is 4.74 Å². The van der Waals surface area contributed by atoms with Gasteiger partial charge in [0.2, 0.25) is 0 Å². The first kappa shape index (κ1) is 17.7. The molecular formula is C15H20INO4. The maximum absolute atomic E-state index is 12.0. The largest absolute Gasteiger partial charge is 0.480 e. The van der Waals surface area contributed by atoms with E-state index >= 15 is 0 Å². The minimum atomic E-state index is -1.05. The van der Waals surface area contributed by atoms with Crippen LogP contribution < -0.4 is 0 Å². The predicted octanol–water partition coefficient (Wildman–Crippen LogP) is 3.15. The van der Waals surface area contributed by atoms with E-state index in [1.165, 1.54) is 7.05 Å². The lowest BCUT2D eigenvalue weighted by Crippen LogP contribution is -2.46. The van der Waals surface area contributed by atoms with Gasteiger partial charge in [-0.25, -0.2) is 9.59 Å². The second-order valence-electron chi connectivity index (χ2n) is 5.78. The second kappa shape index (κ2) is 7.11. The van der Waals surface area contributed by atoms with Gasteiger partial charge in [-0.3, -0.25) is 4.90 Å². The quantitative estimate of drug-likeness (QED) is 0.782. The van der Waals surface area contributed by atoms with Crippen molar-refractivity contribution in [2.45, 2.75) is 38.8 Å². The Morgan fingerprint density at radius 2 is 1.81 bits per heavy atom. The van der Waals surface area contributed by atoms with Gasteiger partial charge in [0, 0.05) is 17.0 Å². The number of nitrogens with zero attached hydrogens (tertiary/aromatic N) is 1. The van der Waals surface area contributed by atoms with Gasteiger partial charge in [-0.2, -0.15) is 0 Å². The van der Waals surface area contributed by atoms with Crippen LogP contribution in [0.2, 0.25) is 0 Å². The summed E-state index contributed by atoms with van der Waals surface area (Å²) < 4.78 is 6.28. The molecule has 0 saturated heterocycles. The van der Waals surface area contributed by atoms with Crippen LogP contribution in [0.15, 0.2) is 24.3 Å². The van der Waals surface area contributed by atoms with Crippen LogP contribution in [0.25, 0.3) is 0 Å². The fraction of sp³-hybridized carbons (Fsp3) is 0.467. The van der Waals surface area contributed by atoms with E-state index in [0.717, 1.165) is 14.0 Å². The molecular weight excluding hydrogens is 385 g/mol. The van der Waals surface area contributed by atoms with Crippen LogP contribution in [0, 0.1) is 3.57 Å². The number of rotatable bonds is 4. The summed E-state index contributed by atoms with van der Waals surface area (Å²) in [5.41, 5.74) is 0.204. The Hall–Kier alpha value is -1.31. The Morgan fingerprint density at radius 1 is 1.29 bits per heavy atom. The molecule has 5 nitrogen and oxygen atoms in total. The highest BCUT2D eigenvalue weighted by Crippen LogP contribution is 2.15. The Kier molecular flexibility index (Phi) is 6.00. The summed E-state index contributed by atoms with van der Waals surface area (Å²) in [6, 6.07) is 6.58. The van der Waals surface area contributed by atoms with Crippen molar-refractivity contribution < 1.29 is 19.4 Å². The minimum Gasteiger partial charge on any atom is -0.480 e. The van der Waals surface area contributed by atoms with E-state index < -0.39 is 23.7 Å². The van der Waals surface area contributed by atoms with E-state index in [-0.39, 0.29) is 6.42 Å². The van der Waals surface area contributed by atoms with E-state index in [1.807, 2.05) is 24.3 Å². The highest BCUT2D eigenvalue weighted by molar-refractivity contribution is 14.1. The molecule has 6 heteroatoms. The average Bonchev–Trinajstić information content (AvgIpc) is 2.34. The summed E-state index contributed by atoms with van der Waals surface area (Å²) in [6.45, 7) is 5.23. The number of ether oxygens (including phenoxy) is 1. The van der Waals surface area contributed by atoms with Crippen LogP contribution in [0.3, 0.4) is 0 Å². The first-order chi connectivity index (χ1) is 9.60. The maximum atomic E-state index is 12.0. The molecule has 1 atom stereocenters. The van der Waals surface area contributed by atoms with Crippen molar-refractivity contribution in [1.82, 2.24) is 4.90 Å². The number of carboxylic acid groups (broad SMARTS) is 1. The molecule has 0 heterocycles. The summed E-state index contributed by atoms with van der Waals surface area (Å²) in [5, 5.41) is 9.36. The molecule has 0 aliphatic heterocycles. The number of halogens is 1. The van der Waals surface area contributed by atoms with Crippen molar-refractivity contribution in [2.75, 3.05) is 7.05 Å². The molecule has 0 radical (unpaired) electrons. The number of amides is 1. The van der Waals surface area contributed by atoms with Crippen LogP contribution in [0.4, 0.5) is 4.79 Å². The summed E-state index contributed by atoms with van der Waals surface area (Å²) in [7, 11) is 1.44. The van der Waals surface area contributed by atoms with Crippen molar-refractivity contribution in [2.24, 2.45) is 0 Å². The Balaban J connectivity index is 2.83. The fourth-order valence-corrected chi connectivity index (χ4v) is 2.05. The molecule has 0 spiro atoms. The third-order valence-electron chi connectivity index (χ3n) is 2.78. The van der Waals surface area contributed by atoms with Crippen LogP contribution in [-0.4, -0.2) is 40.8 Å². The van der Waals surface area contributed by atoms with Gasteiger partial charge in [-0.1, -0.05) is 12.1 Å². The lowest BCUT2D eigenvalue weighted by Gasteiger charge is -2.28. The number of benzene rings is 1. The Labute approximate surface area is 138 Å². The molecule has 0 bridgehead atoms. The number of carboxylic acids is 1. The Morgan fingerprint density at radius 3 is 2.24 bits per heavy atom. The summed E-state index contributed by atoms with van der Waals surface area (Å²) in [5.74, 6) is -1.05. The molecule has 0 saturated carbocycles. The van der Waals surface area contributed by atoms with Crippen molar-refractivity contribution in [3.05, 3.63) is 33.4 Å². The van der Waals surface area contributed by atoms with Gasteiger partial charge in [0.1, 0.15) is 11.6 Å². The van der Waals surface area contributed by atoms with Crippen molar-refractivity contribution in [3.63, 3.8) is 0 Å². The minimum absolute atomic E-state index is 0.238. The third-order valence-corrected chi connectivity index (χ3v) is 3.50. The lowest BCUT2D eigenvalue weighted by molar-refractivity contribution is -0.142. The molecule has 21 heavy (non-hydrogen) atoms. The molecule has 0 fully saturated rings. The number of carbonyl (C=O) groups is 2. The van der Waals surface area contributed by atoms with Gasteiger partial charge in [0.25, 0.3) is 0 Å². The SMILES string of the molecule is CN(C(=O)OC(C)(C)C)[C@@H](Cc1ccc(I)cc1)C(=O)O. The molecule has 1 rings (SSSR count). The van der Waals surface area contributed by atoms with Crippen molar-refractivity contribution in [3.8, 4) is 0 Å². The van der Waals surface area contributed by atoms with Crippen molar-refractivity contribution in [1.29, 1.82) is 0 Å². The normalized spacial score (nSPS) is 12.6. The van der Waals surface area contributed by atoms with Gasteiger partial charge >= 0.3 is 12.1 Å². The smallest absolute Gasteiger partial charge is 0.410 e. The molecule has 1 amide bonds. The zero-order chi connectivity index (χ0) is 16.2. The van der Waals surface area contributed by atoms with Crippen LogP contribution in [-0.2, 0) is 16.0 Å². The van der Waals surface area contributed by atoms with Gasteiger partial charge in [0.15, 0.2) is 0 Å². The average molecular weight is 405 g/mol. The summed E-state index contributed by atoms with van der Waals surface area (Å²) in [6.07, 6.45) is -0.400. The van der Waals surface area contributed by atoms with Crippen molar-refractivity contribution >= 4 is 34.7 Å². The highest BCUT2D eigenvalue weighted by atomic mass is 127. The first-order valence-corrected chi connectivity index (χ1v) is 7.61. The third kappa shape index (κ3) is 5.91. The number of likely N-dealkylation sites (N-methyl/N-ethyl adjacent to an activating group) is 1. The van der Waals surface area contributed by atoms with Crippen LogP contribution in [0.1, 0.15) is 26.3 Å². The standard InChI is InChI=1S/C15H20INO4/c1-15(2,3)21-14(20)17(4)12(13(18)19)9-10-5-7-11(16)8-6-10/h5-8,12H,9H2,1-4H3,(H,18,19)/t12-/m0/s1. The van der Waals surface area contributed by atoms with Crippen LogP contribution >= 0.6 is 22.6 Å². The predicted molar refractivity (Wildman–Crippen MR) is 88.3 cm³/mol. The zero-order valence-electron chi connectivity index (χ0n) is 12.6.